The number of pyridine rings is 1. The van der Waals surface area contributed by atoms with E-state index in [0.717, 1.165) is 54.9 Å². The lowest BCUT2D eigenvalue weighted by Gasteiger charge is -2.39. The van der Waals surface area contributed by atoms with Crippen LogP contribution in [0, 0.1) is 29.1 Å². The molecule has 3 aromatic rings. The van der Waals surface area contributed by atoms with E-state index in [0.29, 0.717) is 45.4 Å². The van der Waals surface area contributed by atoms with Crippen LogP contribution in [0.3, 0.4) is 0 Å². The van der Waals surface area contributed by atoms with Crippen LogP contribution in [-0.2, 0) is 46.4 Å². The minimum atomic E-state index is -0.886. The number of hydrogen-bond donors (Lipinski definition) is 2. The summed E-state index contributed by atoms with van der Waals surface area (Å²) in [5.41, 5.74) is 8.88. The van der Waals surface area contributed by atoms with Crippen molar-refractivity contribution in [2.45, 2.75) is 130 Å². The summed E-state index contributed by atoms with van der Waals surface area (Å²) >= 11 is 0. The third-order valence-electron chi connectivity index (χ3n) is 14.8. The van der Waals surface area contributed by atoms with E-state index in [9.17, 15) is 19.2 Å². The molecule has 7 rings (SSSR count). The number of cyclic esters (lactones) is 1. The number of amides is 3. The van der Waals surface area contributed by atoms with E-state index in [1.165, 1.54) is 21.5 Å². The number of hydrazine groups is 1. The quantitative estimate of drug-likeness (QED) is 0.184. The molecule has 2 aromatic heterocycles. The van der Waals surface area contributed by atoms with Crippen molar-refractivity contribution in [2.24, 2.45) is 17.3 Å². The Morgan fingerprint density at radius 2 is 1.81 bits per heavy atom. The lowest BCUT2D eigenvalue weighted by molar-refractivity contribution is -0.156. The van der Waals surface area contributed by atoms with Crippen LogP contribution >= 0.6 is 0 Å². The van der Waals surface area contributed by atoms with Gasteiger partial charge in [-0.15, -0.1) is 0 Å². The monoisotopic (exact) mass is 937 g/mol. The smallest absolute Gasteiger partial charge is 0.324 e. The number of ether oxygens (including phenoxy) is 3. The number of methoxy groups -OCH3 is 1. The Hall–Kier alpha value is -4.85. The Balaban J connectivity index is 1.16. The molecule has 15 heteroatoms. The molecule has 6 bridgehead atoms. The normalized spacial score (nSPS) is 23.6. The predicted molar refractivity (Wildman–Crippen MR) is 263 cm³/mol. The minimum absolute atomic E-state index is 0.0897. The van der Waals surface area contributed by atoms with Gasteiger partial charge in [0.05, 0.1) is 48.3 Å². The van der Waals surface area contributed by atoms with Crippen LogP contribution in [0.4, 0.5) is 0 Å². The zero-order valence-electron chi connectivity index (χ0n) is 42.4. The molecule has 4 aliphatic heterocycles. The van der Waals surface area contributed by atoms with Crippen LogP contribution in [0.15, 0.2) is 36.5 Å². The van der Waals surface area contributed by atoms with Crippen molar-refractivity contribution in [1.29, 1.82) is 0 Å². The summed E-state index contributed by atoms with van der Waals surface area (Å²) in [6.07, 6.45) is 5.07. The molecular weight excluding hydrogens is 861 g/mol. The fraction of sp³-hybridized carbons (Fsp3) is 0.642. The summed E-state index contributed by atoms with van der Waals surface area (Å²) < 4.78 is 20.6. The van der Waals surface area contributed by atoms with Crippen LogP contribution in [0.5, 0.6) is 0 Å². The van der Waals surface area contributed by atoms with Gasteiger partial charge < -0.3 is 33.9 Å². The van der Waals surface area contributed by atoms with Crippen LogP contribution in [0.25, 0.3) is 22.2 Å². The topological polar surface area (TPSA) is 151 Å². The fourth-order valence-corrected chi connectivity index (χ4v) is 9.90. The third kappa shape index (κ3) is 11.4. The van der Waals surface area contributed by atoms with Crippen molar-refractivity contribution in [3.8, 4) is 23.1 Å². The first-order valence-corrected chi connectivity index (χ1v) is 24.8. The second-order valence-corrected chi connectivity index (χ2v) is 21.3. The molecule has 3 fully saturated rings. The van der Waals surface area contributed by atoms with Gasteiger partial charge in [0.2, 0.25) is 5.91 Å². The second kappa shape index (κ2) is 21.4. The highest BCUT2D eigenvalue weighted by molar-refractivity contribution is 5.95. The summed E-state index contributed by atoms with van der Waals surface area (Å²) in [6.45, 7) is 20.4. The molecule has 4 aliphatic rings. The number of fused-ring (bicyclic) bond motifs is 6. The van der Waals surface area contributed by atoms with Gasteiger partial charge in [0.1, 0.15) is 12.1 Å². The van der Waals surface area contributed by atoms with Gasteiger partial charge in [0.25, 0.3) is 11.8 Å². The van der Waals surface area contributed by atoms with Crippen molar-refractivity contribution < 1.29 is 33.4 Å². The first-order valence-electron chi connectivity index (χ1n) is 24.8. The van der Waals surface area contributed by atoms with Gasteiger partial charge in [-0.2, -0.15) is 0 Å². The molecule has 2 N–H and O–H groups in total. The van der Waals surface area contributed by atoms with Crippen LogP contribution in [0.2, 0.25) is 0 Å². The lowest BCUT2D eigenvalue weighted by Crippen LogP contribution is -2.62. The van der Waals surface area contributed by atoms with Gasteiger partial charge in [0, 0.05) is 74.5 Å². The number of likely N-dealkylation sites (tertiary alicyclic amines) is 1. The summed E-state index contributed by atoms with van der Waals surface area (Å²) in [6, 6.07) is 9.39. The summed E-state index contributed by atoms with van der Waals surface area (Å²) in [5.74, 6) is 4.21. The molecule has 0 saturated carbocycles. The number of aromatic nitrogens is 2. The molecule has 3 saturated heterocycles. The number of benzene rings is 1. The largest absolute Gasteiger partial charge is 0.464 e. The molecule has 6 heterocycles. The van der Waals surface area contributed by atoms with E-state index in [1.807, 2.05) is 65.9 Å². The average Bonchev–Trinajstić information content (AvgIpc) is 3.60. The van der Waals surface area contributed by atoms with Crippen LogP contribution in [0.1, 0.15) is 110 Å². The molecule has 6 atom stereocenters. The third-order valence-corrected chi connectivity index (χ3v) is 14.8. The first kappa shape index (κ1) is 51.0. The molecule has 0 aliphatic carbocycles. The second-order valence-electron chi connectivity index (χ2n) is 21.3. The standard InChI is InChI=1S/C53H76N8O7/c1-12-60-45-20-19-36-26-40(45)41(48(60)39-17-13-23-54-47(39)35(4)66-11)27-52(5,6)33-68-51(65)43-18-15-25-61(56-43)50(64)44(31-58-24-14-16-37(36)28-58)55-49(63)42(34(2)3)32-67-38-29-59(30-38)46(62)21-22-53(7,8)57(9)10/h13,17,19-20,23,26,34-35,37-38,42-44,56H,12,14-16,18,24-25,27-33H2,1-11H3,(H,55,63)/t35-,37?,42?,43-,44-/m0/s1. The Morgan fingerprint density at radius 3 is 2.51 bits per heavy atom. The molecule has 3 unspecified atom stereocenters. The Bertz CT molecular complexity index is 2380. The van der Waals surface area contributed by atoms with Crippen molar-refractivity contribution in [2.75, 3.05) is 73.7 Å². The van der Waals surface area contributed by atoms with Crippen molar-refractivity contribution in [3.63, 3.8) is 0 Å². The highest BCUT2D eigenvalue weighted by Gasteiger charge is 2.39. The van der Waals surface area contributed by atoms with E-state index in [2.05, 4.69) is 77.1 Å². The zero-order valence-corrected chi connectivity index (χ0v) is 42.4. The summed E-state index contributed by atoms with van der Waals surface area (Å²) in [7, 11) is 5.57. The van der Waals surface area contributed by atoms with Gasteiger partial charge in [-0.25, -0.2) is 5.43 Å². The van der Waals surface area contributed by atoms with Gasteiger partial charge in [0.15, 0.2) is 0 Å². The molecule has 1 aromatic carbocycles. The van der Waals surface area contributed by atoms with Crippen molar-refractivity contribution in [1.82, 2.24) is 40.0 Å². The zero-order chi connectivity index (χ0) is 49.1. The van der Waals surface area contributed by atoms with E-state index in [-0.39, 0.29) is 55.0 Å². The fourth-order valence-electron chi connectivity index (χ4n) is 9.90. The molecule has 3 amide bonds. The minimum Gasteiger partial charge on any atom is -0.464 e. The Morgan fingerprint density at radius 1 is 1.06 bits per heavy atom. The molecule has 370 valence electrons. The van der Waals surface area contributed by atoms with Crippen LogP contribution < -0.4 is 10.7 Å². The van der Waals surface area contributed by atoms with Gasteiger partial charge >= 0.3 is 5.97 Å². The lowest BCUT2D eigenvalue weighted by atomic mass is 9.83. The molecule has 15 nitrogen and oxygen atoms in total. The number of aryl methyl sites for hydroxylation is 1. The van der Waals surface area contributed by atoms with Crippen molar-refractivity contribution in [3.05, 3.63) is 53.3 Å². The average molecular weight is 937 g/mol. The first-order chi connectivity index (χ1) is 32.3. The highest BCUT2D eigenvalue weighted by atomic mass is 16.5. The number of hydrogen-bond acceptors (Lipinski definition) is 11. The SMILES string of the molecule is CCn1c(-c2cccnc2[C@H](C)OC)c2c3cc(ccc31)C1CCCN(C1)C[C@H](NC(=O)C(COC1CN(C(=O)C#CC(C)(C)N(C)C)C1)C(C)C)C(=O)N1CCC[C@H](N1)C(=O)OCC(C)(C)C2. The number of rotatable bonds is 11. The predicted octanol–water partition coefficient (Wildman–Crippen LogP) is 5.56. The number of nitrogens with zero attached hydrogens (tertiary/aromatic N) is 6. The van der Waals surface area contributed by atoms with E-state index in [1.54, 1.807) is 12.0 Å². The highest BCUT2D eigenvalue weighted by Crippen LogP contribution is 2.42. The summed E-state index contributed by atoms with van der Waals surface area (Å²) in [4.78, 5) is 66.6. The maximum absolute atomic E-state index is 14.7. The number of nitrogens with one attached hydrogen (secondary N) is 2. The molecule has 0 radical (unpaired) electrons. The van der Waals surface area contributed by atoms with Gasteiger partial charge in [-0.05, 0) is 134 Å². The van der Waals surface area contributed by atoms with Gasteiger partial charge in [-0.1, -0.05) is 39.7 Å². The molecule has 68 heavy (non-hydrogen) atoms. The molecule has 0 spiro atoms. The Labute approximate surface area is 403 Å². The van der Waals surface area contributed by atoms with Crippen molar-refractivity contribution >= 4 is 34.6 Å². The Kier molecular flexibility index (Phi) is 16.1. The van der Waals surface area contributed by atoms with Gasteiger partial charge in [-0.3, -0.25) is 34.1 Å². The number of esters is 1. The molecular formula is C53H76N8O7. The van der Waals surface area contributed by atoms with E-state index >= 15 is 0 Å². The number of carbonyl (C=O) groups excluding carboxylic acids is 4. The summed E-state index contributed by atoms with van der Waals surface area (Å²) in [5, 5.41) is 5.87. The maximum atomic E-state index is 14.7. The maximum Gasteiger partial charge on any atom is 0.324 e. The number of piperidine rings is 1. The number of carbonyl (C=O) groups is 4. The van der Waals surface area contributed by atoms with E-state index < -0.39 is 34.9 Å². The van der Waals surface area contributed by atoms with Crippen LogP contribution in [-0.4, -0.2) is 150 Å². The van der Waals surface area contributed by atoms with E-state index in [4.69, 9.17) is 19.2 Å².